The zero-order valence-corrected chi connectivity index (χ0v) is 13.9. The normalized spacial score (nSPS) is 24.0. The van der Waals surface area contributed by atoms with Gasteiger partial charge in [-0.05, 0) is 39.0 Å². The summed E-state index contributed by atoms with van der Waals surface area (Å²) < 4.78 is 38.2. The van der Waals surface area contributed by atoms with Crippen molar-refractivity contribution < 1.29 is 17.9 Å². The first kappa shape index (κ1) is 16.5. The summed E-state index contributed by atoms with van der Waals surface area (Å²) in [6.07, 6.45) is -0.281. The number of halogens is 1. The third-order valence-electron chi connectivity index (χ3n) is 3.21. The summed E-state index contributed by atoms with van der Waals surface area (Å²) in [5.41, 5.74) is 0. The van der Waals surface area contributed by atoms with Crippen LogP contribution in [0, 0.1) is 0 Å². The summed E-state index contributed by atoms with van der Waals surface area (Å²) in [5.74, 6) is 0.327. The molecule has 0 N–H and O–H groups in total. The fourth-order valence-electron chi connectivity index (χ4n) is 2.42. The lowest BCUT2D eigenvalue weighted by molar-refractivity contribution is -0.0441. The van der Waals surface area contributed by atoms with Crippen molar-refractivity contribution in [1.82, 2.24) is 4.31 Å². The second-order valence-electron chi connectivity index (χ2n) is 5.10. The van der Waals surface area contributed by atoms with Gasteiger partial charge in [0.2, 0.25) is 10.0 Å². The number of hydrogen-bond donors (Lipinski definition) is 0. The van der Waals surface area contributed by atoms with Crippen molar-refractivity contribution in [3.05, 3.63) is 23.2 Å². The van der Waals surface area contributed by atoms with Crippen LogP contribution in [0.15, 0.2) is 23.1 Å². The molecule has 1 heterocycles. The number of morpholine rings is 1. The molecule has 0 amide bonds. The van der Waals surface area contributed by atoms with E-state index in [4.69, 9.17) is 21.1 Å². The van der Waals surface area contributed by atoms with Crippen LogP contribution in [0.3, 0.4) is 0 Å². The van der Waals surface area contributed by atoms with Gasteiger partial charge in [-0.1, -0.05) is 11.6 Å². The number of ether oxygens (including phenoxy) is 2. The largest absolute Gasteiger partial charge is 0.492 e. The Hall–Kier alpha value is -0.820. The van der Waals surface area contributed by atoms with E-state index in [0.29, 0.717) is 30.5 Å². The van der Waals surface area contributed by atoms with E-state index < -0.39 is 10.0 Å². The van der Waals surface area contributed by atoms with Crippen molar-refractivity contribution in [2.75, 3.05) is 19.7 Å². The molecule has 0 unspecified atom stereocenters. The van der Waals surface area contributed by atoms with Crippen molar-refractivity contribution in [1.29, 1.82) is 0 Å². The summed E-state index contributed by atoms with van der Waals surface area (Å²) in [4.78, 5) is 0.109. The van der Waals surface area contributed by atoms with Gasteiger partial charge in [-0.25, -0.2) is 8.42 Å². The highest BCUT2D eigenvalue weighted by molar-refractivity contribution is 7.89. The molecule has 1 aliphatic rings. The lowest BCUT2D eigenvalue weighted by Gasteiger charge is -2.34. The molecule has 0 saturated carbocycles. The van der Waals surface area contributed by atoms with Crippen LogP contribution in [-0.4, -0.2) is 44.6 Å². The van der Waals surface area contributed by atoms with Crippen LogP contribution < -0.4 is 4.74 Å². The smallest absolute Gasteiger partial charge is 0.246 e. The highest BCUT2D eigenvalue weighted by Gasteiger charge is 2.34. The Morgan fingerprint density at radius 2 is 1.95 bits per heavy atom. The summed E-state index contributed by atoms with van der Waals surface area (Å²) >= 11 is 5.96. The first-order valence-corrected chi connectivity index (χ1v) is 8.74. The van der Waals surface area contributed by atoms with Crippen LogP contribution in [-0.2, 0) is 14.8 Å². The Balaban J connectivity index is 2.41. The van der Waals surface area contributed by atoms with Crippen LogP contribution in [0.25, 0.3) is 0 Å². The van der Waals surface area contributed by atoms with Gasteiger partial charge in [-0.3, -0.25) is 0 Å². The maximum Gasteiger partial charge on any atom is 0.246 e. The van der Waals surface area contributed by atoms with E-state index in [-0.39, 0.29) is 17.1 Å². The van der Waals surface area contributed by atoms with Gasteiger partial charge in [0.25, 0.3) is 0 Å². The lowest BCUT2D eigenvalue weighted by Crippen LogP contribution is -2.48. The van der Waals surface area contributed by atoms with Crippen LogP contribution in [0.2, 0.25) is 5.02 Å². The Bertz CT molecular complexity index is 595. The summed E-state index contributed by atoms with van der Waals surface area (Å²) in [6.45, 7) is 6.57. The van der Waals surface area contributed by atoms with Crippen molar-refractivity contribution in [2.24, 2.45) is 0 Å². The van der Waals surface area contributed by atoms with Gasteiger partial charge >= 0.3 is 0 Å². The Morgan fingerprint density at radius 3 is 2.52 bits per heavy atom. The molecule has 1 saturated heterocycles. The van der Waals surface area contributed by atoms with Crippen molar-refractivity contribution in [2.45, 2.75) is 37.9 Å². The fourth-order valence-corrected chi connectivity index (χ4v) is 4.41. The van der Waals surface area contributed by atoms with Crippen LogP contribution in [0.1, 0.15) is 20.8 Å². The van der Waals surface area contributed by atoms with Gasteiger partial charge in [0, 0.05) is 18.1 Å². The molecule has 1 aliphatic heterocycles. The highest BCUT2D eigenvalue weighted by atomic mass is 35.5. The van der Waals surface area contributed by atoms with E-state index >= 15 is 0 Å². The van der Waals surface area contributed by atoms with Gasteiger partial charge in [0.15, 0.2) is 0 Å². The minimum atomic E-state index is -3.66. The molecule has 1 fully saturated rings. The Labute approximate surface area is 130 Å². The quantitative estimate of drug-likeness (QED) is 0.849. The maximum atomic E-state index is 12.9. The number of hydrogen-bond acceptors (Lipinski definition) is 4. The molecule has 0 aromatic heterocycles. The molecule has 2 atom stereocenters. The number of nitrogens with zero attached hydrogens (tertiary/aromatic N) is 1. The van der Waals surface area contributed by atoms with Gasteiger partial charge in [0.1, 0.15) is 10.6 Å². The molecule has 0 bridgehead atoms. The molecule has 0 radical (unpaired) electrons. The van der Waals surface area contributed by atoms with E-state index in [2.05, 4.69) is 0 Å². The van der Waals surface area contributed by atoms with Gasteiger partial charge in [-0.2, -0.15) is 4.31 Å². The average molecular weight is 334 g/mol. The van der Waals surface area contributed by atoms with E-state index in [9.17, 15) is 8.42 Å². The Kier molecular flexibility index (Phi) is 5.14. The molecule has 118 valence electrons. The first-order valence-electron chi connectivity index (χ1n) is 6.92. The molecule has 1 aromatic carbocycles. The van der Waals surface area contributed by atoms with E-state index in [1.165, 1.54) is 10.4 Å². The minimum absolute atomic E-state index is 0.109. The van der Waals surface area contributed by atoms with Crippen molar-refractivity contribution in [3.63, 3.8) is 0 Å². The molecule has 7 heteroatoms. The third kappa shape index (κ3) is 3.69. The molecule has 5 nitrogen and oxygen atoms in total. The molecule has 2 rings (SSSR count). The van der Waals surface area contributed by atoms with E-state index in [0.717, 1.165) is 0 Å². The molecular formula is C14H20ClNO4S. The van der Waals surface area contributed by atoms with E-state index in [1.54, 1.807) is 12.1 Å². The van der Waals surface area contributed by atoms with Crippen LogP contribution >= 0.6 is 11.6 Å². The second-order valence-corrected chi connectivity index (χ2v) is 7.45. The fraction of sp³-hybridized carbons (Fsp3) is 0.571. The van der Waals surface area contributed by atoms with Crippen molar-refractivity contribution in [3.8, 4) is 5.75 Å². The standard InChI is InChI=1S/C14H20ClNO4S/c1-4-19-13-6-5-12(15)7-14(13)21(17,18)16-8-10(2)20-11(3)9-16/h5-7,10-11H,4,8-9H2,1-3H3/t10-,11+. The van der Waals surface area contributed by atoms with Crippen LogP contribution in [0.4, 0.5) is 0 Å². The summed E-state index contributed by atoms with van der Waals surface area (Å²) in [6, 6.07) is 4.65. The number of benzene rings is 1. The van der Waals surface area contributed by atoms with Gasteiger partial charge < -0.3 is 9.47 Å². The minimum Gasteiger partial charge on any atom is -0.492 e. The van der Waals surface area contributed by atoms with Gasteiger partial charge in [0.05, 0.1) is 18.8 Å². The second kappa shape index (κ2) is 6.52. The number of sulfonamides is 1. The monoisotopic (exact) mass is 333 g/mol. The summed E-state index contributed by atoms with van der Waals surface area (Å²) in [5, 5.41) is 0.367. The highest BCUT2D eigenvalue weighted by Crippen LogP contribution is 2.31. The van der Waals surface area contributed by atoms with Crippen LogP contribution in [0.5, 0.6) is 5.75 Å². The predicted octanol–water partition coefficient (Wildman–Crippen LogP) is 2.54. The third-order valence-corrected chi connectivity index (χ3v) is 5.30. The Morgan fingerprint density at radius 1 is 1.33 bits per heavy atom. The molecule has 0 spiro atoms. The SMILES string of the molecule is CCOc1ccc(Cl)cc1S(=O)(=O)N1C[C@@H](C)O[C@@H](C)C1. The first-order chi connectivity index (χ1) is 9.84. The molecule has 21 heavy (non-hydrogen) atoms. The molecular weight excluding hydrogens is 314 g/mol. The average Bonchev–Trinajstić information content (AvgIpc) is 2.40. The molecule has 1 aromatic rings. The van der Waals surface area contributed by atoms with Crippen molar-refractivity contribution >= 4 is 21.6 Å². The summed E-state index contributed by atoms with van der Waals surface area (Å²) in [7, 11) is -3.66. The number of rotatable bonds is 4. The van der Waals surface area contributed by atoms with E-state index in [1.807, 2.05) is 20.8 Å². The zero-order valence-electron chi connectivity index (χ0n) is 12.4. The molecule has 0 aliphatic carbocycles. The zero-order chi connectivity index (χ0) is 15.6. The van der Waals surface area contributed by atoms with Gasteiger partial charge in [-0.15, -0.1) is 0 Å². The maximum absolute atomic E-state index is 12.9. The predicted molar refractivity (Wildman–Crippen MR) is 81.4 cm³/mol. The lowest BCUT2D eigenvalue weighted by atomic mass is 10.3. The topological polar surface area (TPSA) is 55.8 Å².